The smallest absolute Gasteiger partial charge is 0.237 e. The lowest BCUT2D eigenvalue weighted by Crippen LogP contribution is -2.51. The predicted octanol–water partition coefficient (Wildman–Crippen LogP) is 2.24. The van der Waals surface area contributed by atoms with Crippen molar-refractivity contribution in [2.24, 2.45) is 0 Å². The van der Waals surface area contributed by atoms with Crippen LogP contribution in [0.2, 0.25) is 0 Å². The number of aliphatic hydroxyl groups is 1. The van der Waals surface area contributed by atoms with Crippen molar-refractivity contribution in [1.29, 1.82) is 0 Å². The highest BCUT2D eigenvalue weighted by atomic mass is 16.3. The van der Waals surface area contributed by atoms with Crippen molar-refractivity contribution in [3.63, 3.8) is 0 Å². The van der Waals surface area contributed by atoms with Gasteiger partial charge in [0.05, 0.1) is 17.8 Å². The summed E-state index contributed by atoms with van der Waals surface area (Å²) in [5.41, 5.74) is 4.52. The van der Waals surface area contributed by atoms with Gasteiger partial charge in [0.15, 0.2) is 0 Å². The third-order valence-electron chi connectivity index (χ3n) is 7.17. The number of benzene rings is 1. The monoisotopic (exact) mass is 439 g/mol. The zero-order valence-corrected chi connectivity index (χ0v) is 19.6. The van der Waals surface area contributed by atoms with Gasteiger partial charge in [-0.1, -0.05) is 30.3 Å². The average Bonchev–Trinajstić information content (AvgIpc) is 3.32. The Bertz CT molecular complexity index is 905. The van der Waals surface area contributed by atoms with Crippen LogP contribution in [-0.2, 0) is 24.4 Å². The molecule has 3 heterocycles. The van der Waals surface area contributed by atoms with Crippen molar-refractivity contribution in [2.45, 2.75) is 77.9 Å². The highest BCUT2D eigenvalue weighted by Crippen LogP contribution is 2.27. The summed E-state index contributed by atoms with van der Waals surface area (Å²) in [6.45, 7) is 11.1. The van der Waals surface area contributed by atoms with Crippen LogP contribution >= 0.6 is 0 Å². The molecule has 2 aromatic rings. The number of nitrogens with zero attached hydrogens (tertiary/aromatic N) is 4. The maximum absolute atomic E-state index is 13.1. The maximum Gasteiger partial charge on any atom is 0.237 e. The fourth-order valence-electron chi connectivity index (χ4n) is 5.34. The first-order valence-electron chi connectivity index (χ1n) is 12.0. The van der Waals surface area contributed by atoms with E-state index in [-0.39, 0.29) is 11.9 Å². The molecular formula is C25H37N5O2. The van der Waals surface area contributed by atoms with E-state index in [1.54, 1.807) is 0 Å². The molecule has 2 aliphatic rings. The summed E-state index contributed by atoms with van der Waals surface area (Å²) in [4.78, 5) is 17.9. The van der Waals surface area contributed by atoms with Gasteiger partial charge in [-0.05, 0) is 58.7 Å². The molecule has 32 heavy (non-hydrogen) atoms. The molecule has 0 bridgehead atoms. The molecule has 0 aliphatic carbocycles. The number of aromatic nitrogens is 2. The molecule has 1 aromatic heterocycles. The number of β-amino-alcohol motifs (C(OH)–C–C–N with tert-alkyl or cyclic N) is 1. The van der Waals surface area contributed by atoms with E-state index < -0.39 is 6.10 Å². The molecule has 2 saturated heterocycles. The van der Waals surface area contributed by atoms with Gasteiger partial charge in [0.1, 0.15) is 0 Å². The van der Waals surface area contributed by atoms with Crippen LogP contribution < -0.4 is 5.32 Å². The van der Waals surface area contributed by atoms with Crippen LogP contribution in [0.15, 0.2) is 30.3 Å². The zero-order valence-electron chi connectivity index (χ0n) is 19.6. The molecule has 7 heteroatoms. The molecular weight excluding hydrogens is 402 g/mol. The molecule has 2 atom stereocenters. The fourth-order valence-corrected chi connectivity index (χ4v) is 5.34. The van der Waals surface area contributed by atoms with E-state index in [1.165, 1.54) is 5.56 Å². The first-order valence-corrected chi connectivity index (χ1v) is 12.0. The lowest BCUT2D eigenvalue weighted by molar-refractivity contribution is -0.126. The van der Waals surface area contributed by atoms with Crippen LogP contribution in [0.5, 0.6) is 0 Å². The first kappa shape index (κ1) is 23.0. The summed E-state index contributed by atoms with van der Waals surface area (Å²) in [5, 5.41) is 18.0. The van der Waals surface area contributed by atoms with Crippen molar-refractivity contribution in [3.8, 4) is 0 Å². The molecule has 0 spiro atoms. The lowest BCUT2D eigenvalue weighted by atomic mass is 10.0. The summed E-state index contributed by atoms with van der Waals surface area (Å²) >= 11 is 0. The van der Waals surface area contributed by atoms with Crippen molar-refractivity contribution >= 4 is 5.91 Å². The number of amides is 1. The molecule has 0 radical (unpaired) electrons. The topological polar surface area (TPSA) is 73.6 Å². The Kier molecular flexibility index (Phi) is 7.28. The van der Waals surface area contributed by atoms with Crippen molar-refractivity contribution in [1.82, 2.24) is 24.9 Å². The third kappa shape index (κ3) is 5.05. The largest absolute Gasteiger partial charge is 0.392 e. The van der Waals surface area contributed by atoms with E-state index in [9.17, 15) is 9.90 Å². The summed E-state index contributed by atoms with van der Waals surface area (Å²) in [7, 11) is 0. The van der Waals surface area contributed by atoms with Gasteiger partial charge in [-0.15, -0.1) is 0 Å². The Morgan fingerprint density at radius 1 is 1.19 bits per heavy atom. The van der Waals surface area contributed by atoms with Crippen LogP contribution in [0.3, 0.4) is 0 Å². The zero-order chi connectivity index (χ0) is 22.7. The predicted molar refractivity (Wildman–Crippen MR) is 125 cm³/mol. The minimum Gasteiger partial charge on any atom is -0.392 e. The molecule has 174 valence electrons. The second kappa shape index (κ2) is 10.1. The Morgan fingerprint density at radius 2 is 1.91 bits per heavy atom. The Morgan fingerprint density at radius 3 is 2.56 bits per heavy atom. The summed E-state index contributed by atoms with van der Waals surface area (Å²) in [6.07, 6.45) is 2.15. The number of likely N-dealkylation sites (tertiary alicyclic amines) is 2. The van der Waals surface area contributed by atoms with Crippen LogP contribution in [0.1, 0.15) is 48.7 Å². The van der Waals surface area contributed by atoms with Crippen LogP contribution in [0.4, 0.5) is 0 Å². The fraction of sp³-hybridized carbons (Fsp3) is 0.600. The lowest BCUT2D eigenvalue weighted by Gasteiger charge is -2.39. The van der Waals surface area contributed by atoms with Gasteiger partial charge >= 0.3 is 0 Å². The van der Waals surface area contributed by atoms with Crippen LogP contribution in [0, 0.1) is 13.8 Å². The number of aryl methyl sites for hydroxylation is 2. The van der Waals surface area contributed by atoms with Crippen molar-refractivity contribution < 1.29 is 9.90 Å². The van der Waals surface area contributed by atoms with Crippen molar-refractivity contribution in [3.05, 3.63) is 52.8 Å². The number of carbonyl (C=O) groups is 1. The van der Waals surface area contributed by atoms with Gasteiger partial charge < -0.3 is 10.4 Å². The third-order valence-corrected chi connectivity index (χ3v) is 7.17. The van der Waals surface area contributed by atoms with E-state index in [4.69, 9.17) is 0 Å². The summed E-state index contributed by atoms with van der Waals surface area (Å²) in [6, 6.07) is 10.7. The summed E-state index contributed by atoms with van der Waals surface area (Å²) < 4.78 is 1.98. The van der Waals surface area contributed by atoms with Gasteiger partial charge in [0.2, 0.25) is 5.91 Å². The number of nitrogens with one attached hydrogen (secondary N) is 1. The maximum atomic E-state index is 13.1. The van der Waals surface area contributed by atoms with Gasteiger partial charge in [0.25, 0.3) is 0 Å². The molecule has 7 nitrogen and oxygen atoms in total. The number of carbonyl (C=O) groups excluding carboxylic acids is 1. The van der Waals surface area contributed by atoms with Gasteiger partial charge in [0, 0.05) is 43.5 Å². The molecule has 1 aromatic carbocycles. The van der Waals surface area contributed by atoms with Crippen LogP contribution in [-0.4, -0.2) is 68.4 Å². The minimum absolute atomic E-state index is 0.0244. The van der Waals surface area contributed by atoms with Crippen LogP contribution in [0.25, 0.3) is 0 Å². The number of hydrogen-bond acceptors (Lipinski definition) is 5. The van der Waals surface area contributed by atoms with E-state index in [2.05, 4.69) is 64.4 Å². The quantitative estimate of drug-likeness (QED) is 0.692. The van der Waals surface area contributed by atoms with E-state index in [1.807, 2.05) is 11.6 Å². The molecule has 0 saturated carbocycles. The van der Waals surface area contributed by atoms with E-state index in [0.29, 0.717) is 25.6 Å². The number of rotatable bonds is 7. The minimum atomic E-state index is -0.431. The summed E-state index contributed by atoms with van der Waals surface area (Å²) in [5.74, 6) is 0.0244. The molecule has 2 aliphatic heterocycles. The first-order chi connectivity index (χ1) is 15.5. The standard InChI is InChI=1S/C25H37N5O2/c1-4-30-19(3)23(18(2)27-30)15-26-25(32)24-14-22(31)17-29(24)21-10-12-28(13-11-21)16-20-8-6-5-7-9-20/h5-9,21-22,24,31H,4,10-17H2,1-3H3,(H,26,32)/t22-,24+/m1/s1. The van der Waals surface area contributed by atoms with Gasteiger partial charge in [-0.2, -0.15) is 5.10 Å². The Balaban J connectivity index is 1.33. The van der Waals surface area contributed by atoms with Crippen molar-refractivity contribution in [2.75, 3.05) is 19.6 Å². The second-order valence-electron chi connectivity index (χ2n) is 9.28. The highest BCUT2D eigenvalue weighted by molar-refractivity contribution is 5.82. The Labute approximate surface area is 191 Å². The molecule has 2 fully saturated rings. The molecule has 0 unspecified atom stereocenters. The van der Waals surface area contributed by atoms with Gasteiger partial charge in [-0.25, -0.2) is 0 Å². The SMILES string of the molecule is CCn1nc(C)c(CNC(=O)[C@@H]2C[C@@H](O)CN2C2CCN(Cc3ccccc3)CC2)c1C. The number of hydrogen-bond donors (Lipinski definition) is 2. The normalized spacial score (nSPS) is 23.0. The van der Waals surface area contributed by atoms with E-state index >= 15 is 0 Å². The molecule has 1 amide bonds. The van der Waals surface area contributed by atoms with E-state index in [0.717, 1.165) is 56.0 Å². The Hall–Kier alpha value is -2.22. The molecule has 4 rings (SSSR count). The number of aliphatic hydroxyl groups excluding tert-OH is 1. The number of piperidine rings is 1. The van der Waals surface area contributed by atoms with Gasteiger partial charge in [-0.3, -0.25) is 19.3 Å². The second-order valence-corrected chi connectivity index (χ2v) is 9.28. The highest BCUT2D eigenvalue weighted by Gasteiger charge is 2.40. The molecule has 2 N–H and O–H groups in total. The average molecular weight is 440 g/mol.